The summed E-state index contributed by atoms with van der Waals surface area (Å²) in [6.07, 6.45) is 1.21. The first-order valence-corrected chi connectivity index (χ1v) is 10.2. The molecule has 140 valence electrons. The van der Waals surface area contributed by atoms with E-state index in [-0.39, 0.29) is 17.5 Å². The van der Waals surface area contributed by atoms with E-state index in [1.807, 2.05) is 12.1 Å². The number of halogens is 1. The van der Waals surface area contributed by atoms with Gasteiger partial charge in [-0.2, -0.15) is 4.31 Å². The Morgan fingerprint density at radius 2 is 1.81 bits per heavy atom. The van der Waals surface area contributed by atoms with Gasteiger partial charge in [-0.15, -0.1) is 0 Å². The van der Waals surface area contributed by atoms with Crippen molar-refractivity contribution in [1.29, 1.82) is 0 Å². The van der Waals surface area contributed by atoms with Gasteiger partial charge in [-0.25, -0.2) is 8.42 Å². The molecule has 0 aromatic heterocycles. The Hall–Kier alpha value is -1.67. The highest BCUT2D eigenvalue weighted by Crippen LogP contribution is 2.32. The number of rotatable bonds is 5. The van der Waals surface area contributed by atoms with E-state index in [2.05, 4.69) is 0 Å². The van der Waals surface area contributed by atoms with E-state index < -0.39 is 16.0 Å². The molecule has 1 N–H and O–H groups in total. The van der Waals surface area contributed by atoms with E-state index in [4.69, 9.17) is 16.7 Å². The molecule has 6 nitrogen and oxygen atoms in total. The van der Waals surface area contributed by atoms with Crippen molar-refractivity contribution in [3.05, 3.63) is 41.4 Å². The summed E-state index contributed by atoms with van der Waals surface area (Å²) in [5.74, 6) is -0.879. The van der Waals surface area contributed by atoms with Gasteiger partial charge in [0.2, 0.25) is 10.0 Å². The first-order valence-electron chi connectivity index (χ1n) is 8.40. The minimum absolute atomic E-state index is 0.0424. The molecule has 2 aromatic rings. The standard InChI is InChI=1S/C18H21ClN2O4S/c1-20(12-18(22)23)13-8-10-21(11-9-13)26(24,25)17-7-6-16(19)14-4-2-3-5-15(14)17/h2-7,13H,8-12H2,1H3,(H,22,23). The molecule has 1 aliphatic rings. The van der Waals surface area contributed by atoms with Crippen LogP contribution in [0.15, 0.2) is 41.3 Å². The number of sulfonamides is 1. The van der Waals surface area contributed by atoms with Crippen LogP contribution in [0.2, 0.25) is 5.02 Å². The van der Waals surface area contributed by atoms with Gasteiger partial charge in [-0.05, 0) is 32.0 Å². The molecule has 1 aliphatic heterocycles. The third-order valence-electron chi connectivity index (χ3n) is 4.88. The van der Waals surface area contributed by atoms with Crippen molar-refractivity contribution in [1.82, 2.24) is 9.21 Å². The minimum Gasteiger partial charge on any atom is -0.480 e. The van der Waals surface area contributed by atoms with E-state index >= 15 is 0 Å². The second kappa shape index (κ2) is 7.52. The monoisotopic (exact) mass is 396 g/mol. The fourth-order valence-corrected chi connectivity index (χ4v) is 5.36. The van der Waals surface area contributed by atoms with Crippen molar-refractivity contribution < 1.29 is 18.3 Å². The number of nitrogens with zero attached hydrogens (tertiary/aromatic N) is 2. The quantitative estimate of drug-likeness (QED) is 0.840. The number of likely N-dealkylation sites (N-methyl/N-ethyl adjacent to an activating group) is 1. The van der Waals surface area contributed by atoms with Gasteiger partial charge in [0.05, 0.1) is 11.4 Å². The van der Waals surface area contributed by atoms with Crippen molar-refractivity contribution >= 4 is 38.4 Å². The fraction of sp³-hybridized carbons (Fsp3) is 0.389. The Kier molecular flexibility index (Phi) is 5.53. The SMILES string of the molecule is CN(CC(=O)O)C1CCN(S(=O)(=O)c2ccc(Cl)c3ccccc23)CC1. The lowest BCUT2D eigenvalue weighted by molar-refractivity contribution is -0.138. The average molecular weight is 397 g/mol. The first-order chi connectivity index (χ1) is 12.3. The first kappa shape index (κ1) is 19.1. The van der Waals surface area contributed by atoms with Crippen LogP contribution in [0.25, 0.3) is 10.8 Å². The van der Waals surface area contributed by atoms with Gasteiger partial charge >= 0.3 is 5.97 Å². The maximum absolute atomic E-state index is 13.1. The van der Waals surface area contributed by atoms with Gasteiger partial charge in [0.1, 0.15) is 0 Å². The minimum atomic E-state index is -3.64. The van der Waals surface area contributed by atoms with Crippen LogP contribution in [0, 0.1) is 0 Å². The summed E-state index contributed by atoms with van der Waals surface area (Å²) in [4.78, 5) is 12.9. The summed E-state index contributed by atoms with van der Waals surface area (Å²) in [5.41, 5.74) is 0. The van der Waals surface area contributed by atoms with Crippen LogP contribution in [0.3, 0.4) is 0 Å². The van der Waals surface area contributed by atoms with E-state index in [1.165, 1.54) is 4.31 Å². The van der Waals surface area contributed by atoms with Gasteiger partial charge in [-0.3, -0.25) is 9.69 Å². The highest BCUT2D eigenvalue weighted by Gasteiger charge is 2.32. The fourth-order valence-electron chi connectivity index (χ4n) is 3.46. The number of carbonyl (C=O) groups is 1. The van der Waals surface area contributed by atoms with E-state index in [9.17, 15) is 13.2 Å². The number of hydrogen-bond acceptors (Lipinski definition) is 4. The lowest BCUT2D eigenvalue weighted by Gasteiger charge is -2.35. The van der Waals surface area contributed by atoms with Crippen molar-refractivity contribution in [3.63, 3.8) is 0 Å². The third kappa shape index (κ3) is 3.71. The molecule has 0 spiro atoms. The van der Waals surface area contributed by atoms with Gasteiger partial charge in [-0.1, -0.05) is 35.9 Å². The molecule has 0 radical (unpaired) electrons. The zero-order valence-electron chi connectivity index (χ0n) is 14.4. The Labute approximate surface area is 158 Å². The molecule has 3 rings (SSSR count). The Morgan fingerprint density at radius 3 is 2.42 bits per heavy atom. The van der Waals surface area contributed by atoms with Crippen LogP contribution in [0.1, 0.15) is 12.8 Å². The molecule has 8 heteroatoms. The molecule has 0 atom stereocenters. The molecular weight excluding hydrogens is 376 g/mol. The Balaban J connectivity index is 1.83. The third-order valence-corrected chi connectivity index (χ3v) is 7.17. The molecule has 0 saturated carbocycles. The summed E-state index contributed by atoms with van der Waals surface area (Å²) in [5, 5.41) is 10.8. The molecule has 1 fully saturated rings. The van der Waals surface area contributed by atoms with Crippen LogP contribution in [-0.4, -0.2) is 61.4 Å². The number of benzene rings is 2. The van der Waals surface area contributed by atoms with Gasteiger partial charge in [0.25, 0.3) is 0 Å². The number of fused-ring (bicyclic) bond motifs is 1. The molecule has 0 bridgehead atoms. The van der Waals surface area contributed by atoms with Crippen LogP contribution in [-0.2, 0) is 14.8 Å². The zero-order valence-corrected chi connectivity index (χ0v) is 16.0. The second-order valence-electron chi connectivity index (χ2n) is 6.54. The molecule has 1 heterocycles. The second-order valence-corrected chi connectivity index (χ2v) is 8.85. The molecule has 0 unspecified atom stereocenters. The Bertz CT molecular complexity index is 924. The summed E-state index contributed by atoms with van der Waals surface area (Å²) >= 11 is 6.20. The molecule has 1 saturated heterocycles. The van der Waals surface area contributed by atoms with Crippen LogP contribution in [0.5, 0.6) is 0 Å². The average Bonchev–Trinajstić information content (AvgIpc) is 2.61. The molecular formula is C18H21ClN2O4S. The smallest absolute Gasteiger partial charge is 0.317 e. The number of piperidine rings is 1. The van der Waals surface area contributed by atoms with Crippen LogP contribution < -0.4 is 0 Å². The number of carboxylic acid groups (broad SMARTS) is 1. The number of aliphatic carboxylic acids is 1. The van der Waals surface area contributed by atoms with E-state index in [1.54, 1.807) is 36.2 Å². The predicted molar refractivity (Wildman–Crippen MR) is 101 cm³/mol. The Morgan fingerprint density at radius 1 is 1.19 bits per heavy atom. The summed E-state index contributed by atoms with van der Waals surface area (Å²) < 4.78 is 27.8. The van der Waals surface area contributed by atoms with Gasteiger partial charge in [0.15, 0.2) is 0 Å². The maximum atomic E-state index is 13.1. The van der Waals surface area contributed by atoms with Crippen LogP contribution in [0.4, 0.5) is 0 Å². The van der Waals surface area contributed by atoms with Crippen molar-refractivity contribution in [2.45, 2.75) is 23.8 Å². The molecule has 0 amide bonds. The molecule has 26 heavy (non-hydrogen) atoms. The summed E-state index contributed by atoms with van der Waals surface area (Å²) in [7, 11) is -1.88. The van der Waals surface area contributed by atoms with Gasteiger partial charge < -0.3 is 5.11 Å². The molecule has 2 aromatic carbocycles. The van der Waals surface area contributed by atoms with E-state index in [0.29, 0.717) is 41.7 Å². The maximum Gasteiger partial charge on any atom is 0.317 e. The number of carboxylic acids is 1. The normalized spacial score (nSPS) is 17.0. The highest BCUT2D eigenvalue weighted by atomic mass is 35.5. The topological polar surface area (TPSA) is 77.9 Å². The lowest BCUT2D eigenvalue weighted by atomic mass is 10.1. The van der Waals surface area contributed by atoms with E-state index in [0.717, 1.165) is 0 Å². The van der Waals surface area contributed by atoms with Crippen molar-refractivity contribution in [2.24, 2.45) is 0 Å². The molecule has 0 aliphatic carbocycles. The largest absolute Gasteiger partial charge is 0.480 e. The predicted octanol–water partition coefficient (Wildman–Crippen LogP) is 2.66. The summed E-state index contributed by atoms with van der Waals surface area (Å²) in [6, 6.07) is 10.4. The van der Waals surface area contributed by atoms with Crippen molar-refractivity contribution in [2.75, 3.05) is 26.7 Å². The zero-order chi connectivity index (χ0) is 18.9. The number of hydrogen-bond donors (Lipinski definition) is 1. The van der Waals surface area contributed by atoms with Crippen molar-refractivity contribution in [3.8, 4) is 0 Å². The van der Waals surface area contributed by atoms with Crippen LogP contribution >= 0.6 is 11.6 Å². The highest BCUT2D eigenvalue weighted by molar-refractivity contribution is 7.89. The lowest BCUT2D eigenvalue weighted by Crippen LogP contribution is -2.46. The van der Waals surface area contributed by atoms with Gasteiger partial charge in [0, 0.05) is 34.9 Å². The summed E-state index contributed by atoms with van der Waals surface area (Å²) in [6.45, 7) is 0.695.